The van der Waals surface area contributed by atoms with Gasteiger partial charge in [-0.2, -0.15) is 0 Å². The molecule has 3 aromatic rings. The number of carbonyl (C=O) groups is 1. The summed E-state index contributed by atoms with van der Waals surface area (Å²) in [6.45, 7) is 0. The third-order valence-electron chi connectivity index (χ3n) is 2.42. The molecule has 20 heavy (non-hydrogen) atoms. The van der Waals surface area contributed by atoms with Crippen LogP contribution < -0.4 is 0 Å². The topological polar surface area (TPSA) is 69.1 Å². The van der Waals surface area contributed by atoms with Gasteiger partial charge in [0.2, 0.25) is 5.89 Å². The predicted molar refractivity (Wildman–Crippen MR) is 73.0 cm³/mol. The lowest BCUT2D eigenvalue weighted by Crippen LogP contribution is -1.78. The molecule has 0 N–H and O–H groups in total. The Bertz CT molecular complexity index is 753. The third kappa shape index (κ3) is 2.61. The fourth-order valence-corrected chi connectivity index (χ4v) is 2.40. The van der Waals surface area contributed by atoms with Crippen molar-refractivity contribution in [1.82, 2.24) is 10.2 Å². The monoisotopic (exact) mass is 306 g/mol. The van der Waals surface area contributed by atoms with E-state index in [0.29, 0.717) is 33.1 Å². The Kier molecular flexibility index (Phi) is 3.58. The SMILES string of the molecule is O=Cc1ccc(Sc2nnc(-c3ccccc3Cl)o2)o1. The van der Waals surface area contributed by atoms with Crippen LogP contribution in [0.3, 0.4) is 0 Å². The van der Waals surface area contributed by atoms with Gasteiger partial charge in [0.1, 0.15) is 0 Å². The van der Waals surface area contributed by atoms with Crippen LogP contribution >= 0.6 is 23.4 Å². The van der Waals surface area contributed by atoms with Crippen LogP contribution in [0.1, 0.15) is 10.6 Å². The number of aldehydes is 1. The van der Waals surface area contributed by atoms with Crippen LogP contribution in [0.2, 0.25) is 5.02 Å². The molecule has 0 saturated carbocycles. The molecule has 0 amide bonds. The Morgan fingerprint density at radius 3 is 2.70 bits per heavy atom. The molecule has 0 fully saturated rings. The largest absolute Gasteiger partial charge is 0.447 e. The van der Waals surface area contributed by atoms with Crippen molar-refractivity contribution in [3.8, 4) is 11.5 Å². The zero-order valence-electron chi connectivity index (χ0n) is 9.95. The molecule has 3 rings (SSSR count). The van der Waals surface area contributed by atoms with Crippen LogP contribution in [0.15, 0.2) is 55.5 Å². The summed E-state index contributed by atoms with van der Waals surface area (Å²) in [6, 6.07) is 10.4. The first-order valence-electron chi connectivity index (χ1n) is 5.57. The number of benzene rings is 1. The molecule has 0 spiro atoms. The highest BCUT2D eigenvalue weighted by Gasteiger charge is 2.13. The molecule has 0 radical (unpaired) electrons. The number of carbonyl (C=O) groups excluding carboxylic acids is 1. The zero-order valence-corrected chi connectivity index (χ0v) is 11.5. The molecule has 7 heteroatoms. The van der Waals surface area contributed by atoms with Crippen molar-refractivity contribution in [3.63, 3.8) is 0 Å². The molecule has 2 aromatic heterocycles. The summed E-state index contributed by atoms with van der Waals surface area (Å²) in [5.74, 6) is 0.582. The van der Waals surface area contributed by atoms with Crippen LogP contribution in [0.5, 0.6) is 0 Å². The molecule has 2 heterocycles. The smallest absolute Gasteiger partial charge is 0.284 e. The lowest BCUT2D eigenvalue weighted by molar-refractivity contribution is 0.109. The maximum Gasteiger partial charge on any atom is 0.284 e. The minimum absolute atomic E-state index is 0.248. The second-order valence-electron chi connectivity index (χ2n) is 3.73. The number of nitrogens with zero attached hydrogens (tertiary/aromatic N) is 2. The van der Waals surface area contributed by atoms with Crippen molar-refractivity contribution >= 4 is 29.6 Å². The van der Waals surface area contributed by atoms with Crippen molar-refractivity contribution in [1.29, 1.82) is 0 Å². The number of hydrogen-bond donors (Lipinski definition) is 0. The van der Waals surface area contributed by atoms with Gasteiger partial charge in [-0.15, -0.1) is 10.2 Å². The van der Waals surface area contributed by atoms with E-state index in [1.165, 1.54) is 0 Å². The van der Waals surface area contributed by atoms with Gasteiger partial charge < -0.3 is 8.83 Å². The summed E-state index contributed by atoms with van der Waals surface area (Å²) in [5, 5.41) is 9.19. The predicted octanol–water partition coefficient (Wildman–Crippen LogP) is 3.95. The van der Waals surface area contributed by atoms with Crippen molar-refractivity contribution in [2.24, 2.45) is 0 Å². The lowest BCUT2D eigenvalue weighted by atomic mass is 10.2. The first kappa shape index (κ1) is 13.0. The fourth-order valence-electron chi connectivity index (χ4n) is 1.53. The normalized spacial score (nSPS) is 10.7. The van der Waals surface area contributed by atoms with Gasteiger partial charge in [0.25, 0.3) is 5.22 Å². The molecule has 1 aromatic carbocycles. The fraction of sp³-hybridized carbons (Fsp3) is 0. The number of hydrogen-bond acceptors (Lipinski definition) is 6. The van der Waals surface area contributed by atoms with Gasteiger partial charge in [-0.1, -0.05) is 23.7 Å². The van der Waals surface area contributed by atoms with Crippen LogP contribution in [0.4, 0.5) is 0 Å². The van der Waals surface area contributed by atoms with Crippen molar-refractivity contribution in [2.75, 3.05) is 0 Å². The molecular formula is C13H7ClN2O3S. The van der Waals surface area contributed by atoms with E-state index in [4.69, 9.17) is 20.4 Å². The van der Waals surface area contributed by atoms with E-state index in [2.05, 4.69) is 10.2 Å². The van der Waals surface area contributed by atoms with Gasteiger partial charge in [-0.3, -0.25) is 4.79 Å². The van der Waals surface area contributed by atoms with E-state index >= 15 is 0 Å². The van der Waals surface area contributed by atoms with Gasteiger partial charge in [0.05, 0.1) is 10.6 Å². The summed E-state index contributed by atoms with van der Waals surface area (Å²) < 4.78 is 10.7. The van der Waals surface area contributed by atoms with E-state index in [1.807, 2.05) is 12.1 Å². The first-order valence-corrected chi connectivity index (χ1v) is 6.77. The van der Waals surface area contributed by atoms with E-state index in [-0.39, 0.29) is 5.76 Å². The molecule has 0 aliphatic heterocycles. The minimum atomic E-state index is 0.248. The van der Waals surface area contributed by atoms with Gasteiger partial charge in [0, 0.05) is 11.8 Å². The molecule has 0 aliphatic carbocycles. The van der Waals surface area contributed by atoms with Gasteiger partial charge in [0.15, 0.2) is 17.1 Å². The van der Waals surface area contributed by atoms with E-state index < -0.39 is 0 Å². The van der Waals surface area contributed by atoms with Crippen molar-refractivity contribution < 1.29 is 13.6 Å². The Labute approximate surface area is 122 Å². The zero-order chi connectivity index (χ0) is 13.9. The minimum Gasteiger partial charge on any atom is -0.447 e. The number of rotatable bonds is 4. The molecule has 0 unspecified atom stereocenters. The highest BCUT2D eigenvalue weighted by atomic mass is 35.5. The van der Waals surface area contributed by atoms with Crippen molar-refractivity contribution in [3.05, 3.63) is 47.2 Å². The summed E-state index contributed by atoms with van der Waals surface area (Å²) in [4.78, 5) is 10.5. The van der Waals surface area contributed by atoms with E-state index in [9.17, 15) is 4.79 Å². The Balaban J connectivity index is 1.83. The Hall–Kier alpha value is -2.05. The van der Waals surface area contributed by atoms with Gasteiger partial charge in [-0.05, 0) is 24.3 Å². The third-order valence-corrected chi connectivity index (χ3v) is 3.51. The highest BCUT2D eigenvalue weighted by Crippen LogP contribution is 2.32. The highest BCUT2D eigenvalue weighted by molar-refractivity contribution is 7.99. The van der Waals surface area contributed by atoms with Crippen LogP contribution in [-0.4, -0.2) is 16.5 Å². The van der Waals surface area contributed by atoms with Crippen LogP contribution in [0.25, 0.3) is 11.5 Å². The number of aromatic nitrogens is 2. The second kappa shape index (κ2) is 5.52. The number of furan rings is 1. The maximum absolute atomic E-state index is 10.5. The molecule has 0 saturated heterocycles. The van der Waals surface area contributed by atoms with E-state index in [0.717, 1.165) is 11.8 Å². The average Bonchev–Trinajstić information content (AvgIpc) is 3.09. The van der Waals surface area contributed by atoms with Crippen molar-refractivity contribution in [2.45, 2.75) is 10.3 Å². The van der Waals surface area contributed by atoms with Gasteiger partial charge >= 0.3 is 0 Å². The van der Waals surface area contributed by atoms with E-state index in [1.54, 1.807) is 24.3 Å². The summed E-state index contributed by atoms with van der Waals surface area (Å²) >= 11 is 7.19. The summed E-state index contributed by atoms with van der Waals surface area (Å²) in [7, 11) is 0. The molecule has 100 valence electrons. The second-order valence-corrected chi connectivity index (χ2v) is 5.09. The Morgan fingerprint density at radius 2 is 1.95 bits per heavy atom. The Morgan fingerprint density at radius 1 is 1.10 bits per heavy atom. The summed E-state index contributed by atoms with van der Waals surface area (Å²) in [6.07, 6.45) is 0.632. The average molecular weight is 307 g/mol. The molecule has 0 bridgehead atoms. The van der Waals surface area contributed by atoms with Gasteiger partial charge in [-0.25, -0.2) is 0 Å². The molecular weight excluding hydrogens is 300 g/mol. The summed E-state index contributed by atoms with van der Waals surface area (Å²) in [5.41, 5.74) is 0.668. The standard InChI is InChI=1S/C13H7ClN2O3S/c14-10-4-2-1-3-9(10)12-15-16-13(19-12)20-11-6-5-8(7-17)18-11/h1-7H. The van der Waals surface area contributed by atoms with Crippen LogP contribution in [-0.2, 0) is 0 Å². The molecule has 0 aliphatic rings. The quantitative estimate of drug-likeness (QED) is 0.680. The van der Waals surface area contributed by atoms with Crippen LogP contribution in [0, 0.1) is 0 Å². The number of halogens is 1. The maximum atomic E-state index is 10.5. The lowest BCUT2D eigenvalue weighted by Gasteiger charge is -1.96. The first-order chi connectivity index (χ1) is 9.76. The molecule has 0 atom stereocenters. The molecule has 5 nitrogen and oxygen atoms in total.